The van der Waals surface area contributed by atoms with E-state index in [1.807, 2.05) is 31.2 Å². The molecule has 1 saturated heterocycles. The van der Waals surface area contributed by atoms with Gasteiger partial charge in [-0.2, -0.15) is 18.4 Å². The van der Waals surface area contributed by atoms with Gasteiger partial charge in [-0.3, -0.25) is 4.90 Å². The number of nitrogens with one attached hydrogen (secondary N) is 1. The summed E-state index contributed by atoms with van der Waals surface area (Å²) in [5.41, 5.74) is 5.04. The van der Waals surface area contributed by atoms with Gasteiger partial charge in [0.15, 0.2) is 0 Å². The van der Waals surface area contributed by atoms with Gasteiger partial charge in [0, 0.05) is 11.1 Å². The molecule has 1 N–H and O–H groups in total. The number of hydrogen-bond acceptors (Lipinski definition) is 4. The topological polar surface area (TPSA) is 61.5 Å². The number of benzene rings is 3. The van der Waals surface area contributed by atoms with Gasteiger partial charge in [0.1, 0.15) is 0 Å². The van der Waals surface area contributed by atoms with E-state index in [0.717, 1.165) is 29.7 Å². The van der Waals surface area contributed by atoms with E-state index < -0.39 is 10.0 Å². The highest BCUT2D eigenvalue weighted by Crippen LogP contribution is 2.49. The maximum absolute atomic E-state index is 13.1. The van der Waals surface area contributed by atoms with Crippen LogP contribution in [-0.4, -0.2) is 31.1 Å². The summed E-state index contributed by atoms with van der Waals surface area (Å²) in [6, 6.07) is 23.6. The van der Waals surface area contributed by atoms with E-state index in [1.54, 1.807) is 24.3 Å². The van der Waals surface area contributed by atoms with Gasteiger partial charge in [-0.25, -0.2) is 0 Å². The van der Waals surface area contributed by atoms with E-state index in [1.165, 1.54) is 30.4 Å². The van der Waals surface area contributed by atoms with Crippen molar-refractivity contribution in [2.24, 2.45) is 5.10 Å². The van der Waals surface area contributed by atoms with Gasteiger partial charge in [-0.05, 0) is 62.1 Å². The SMILES string of the molecule is Cc1ccc([C@H]2[C@@H](/C(=N\NS(=O)(=O)c3ccc(C)cc3)c3ccc(Cl)cc3)N2C2CCCCC2)cc1. The van der Waals surface area contributed by atoms with Gasteiger partial charge in [-0.15, -0.1) is 0 Å². The fraction of sp³-hybridized carbons (Fsp3) is 0.345. The fourth-order valence-corrected chi connectivity index (χ4v) is 6.24. The third kappa shape index (κ3) is 5.36. The Morgan fingerprint density at radius 2 is 1.44 bits per heavy atom. The molecule has 5 nitrogen and oxygen atoms in total. The second-order valence-electron chi connectivity index (χ2n) is 9.95. The molecule has 5 rings (SSSR count). The van der Waals surface area contributed by atoms with Crippen molar-refractivity contribution in [2.45, 2.75) is 69.0 Å². The molecule has 0 spiro atoms. The highest BCUT2D eigenvalue weighted by Gasteiger charge is 2.55. The van der Waals surface area contributed by atoms with Crippen molar-refractivity contribution in [1.82, 2.24) is 9.73 Å². The highest BCUT2D eigenvalue weighted by molar-refractivity contribution is 7.89. The molecule has 36 heavy (non-hydrogen) atoms. The van der Waals surface area contributed by atoms with Crippen molar-refractivity contribution < 1.29 is 8.42 Å². The molecule has 3 atom stereocenters. The highest BCUT2D eigenvalue weighted by atomic mass is 35.5. The number of nitrogens with zero attached hydrogens (tertiary/aromatic N) is 2. The summed E-state index contributed by atoms with van der Waals surface area (Å²) >= 11 is 6.18. The molecule has 0 aromatic heterocycles. The average molecular weight is 522 g/mol. The van der Waals surface area contributed by atoms with Crippen molar-refractivity contribution >= 4 is 27.3 Å². The first-order valence-corrected chi connectivity index (χ1v) is 14.5. The molecular formula is C29H32ClN3O2S. The number of hydrazone groups is 1. The van der Waals surface area contributed by atoms with E-state index in [9.17, 15) is 8.42 Å². The molecule has 7 heteroatoms. The molecule has 1 heterocycles. The van der Waals surface area contributed by atoms with Crippen LogP contribution in [0.15, 0.2) is 82.8 Å². The number of rotatable bonds is 7. The Morgan fingerprint density at radius 1 is 0.861 bits per heavy atom. The zero-order chi connectivity index (χ0) is 25.3. The van der Waals surface area contributed by atoms with Gasteiger partial charge < -0.3 is 0 Å². The van der Waals surface area contributed by atoms with Gasteiger partial charge in [-0.1, -0.05) is 90.5 Å². The van der Waals surface area contributed by atoms with Crippen molar-refractivity contribution in [3.63, 3.8) is 0 Å². The lowest BCUT2D eigenvalue weighted by molar-refractivity contribution is 0.277. The van der Waals surface area contributed by atoms with Crippen LogP contribution < -0.4 is 4.83 Å². The second kappa shape index (κ2) is 10.4. The van der Waals surface area contributed by atoms with Gasteiger partial charge in [0.05, 0.1) is 22.7 Å². The summed E-state index contributed by atoms with van der Waals surface area (Å²) in [6.07, 6.45) is 6.03. The van der Waals surface area contributed by atoms with Crippen LogP contribution in [0.2, 0.25) is 5.02 Å². The van der Waals surface area contributed by atoms with Crippen LogP contribution in [-0.2, 0) is 10.0 Å². The fourth-order valence-electron chi connectivity index (χ4n) is 5.29. The number of hydrogen-bond donors (Lipinski definition) is 1. The van der Waals surface area contributed by atoms with Crippen LogP contribution in [0, 0.1) is 13.8 Å². The largest absolute Gasteiger partial charge is 0.281 e. The summed E-state index contributed by atoms with van der Waals surface area (Å²) in [6.45, 7) is 4.02. The molecule has 188 valence electrons. The third-order valence-electron chi connectivity index (χ3n) is 7.30. The average Bonchev–Trinajstić information content (AvgIpc) is 3.61. The minimum Gasteiger partial charge on any atom is -0.281 e. The lowest BCUT2D eigenvalue weighted by atomic mass is 9.95. The number of sulfonamides is 1. The van der Waals surface area contributed by atoms with Crippen LogP contribution >= 0.6 is 11.6 Å². The Balaban J connectivity index is 1.53. The Bertz CT molecular complexity index is 1330. The Hall–Kier alpha value is -2.67. The maximum Gasteiger partial charge on any atom is 0.276 e. The lowest BCUT2D eigenvalue weighted by Gasteiger charge is -2.24. The molecule has 0 amide bonds. The second-order valence-corrected chi connectivity index (χ2v) is 12.0. The van der Waals surface area contributed by atoms with Gasteiger partial charge in [0.25, 0.3) is 10.0 Å². The first kappa shape index (κ1) is 25.0. The van der Waals surface area contributed by atoms with Crippen molar-refractivity contribution in [3.05, 3.63) is 100 Å². The predicted molar refractivity (Wildman–Crippen MR) is 146 cm³/mol. The first-order chi connectivity index (χ1) is 17.3. The number of aryl methyl sites for hydroxylation is 2. The van der Waals surface area contributed by atoms with Crippen LogP contribution in [0.5, 0.6) is 0 Å². The minimum atomic E-state index is -3.81. The molecule has 0 radical (unpaired) electrons. The Labute approximate surface area is 219 Å². The molecule has 1 unspecified atom stereocenters. The Morgan fingerprint density at radius 3 is 2.06 bits per heavy atom. The summed E-state index contributed by atoms with van der Waals surface area (Å²) in [4.78, 5) is 5.26. The van der Waals surface area contributed by atoms with E-state index in [0.29, 0.717) is 11.1 Å². The van der Waals surface area contributed by atoms with Crippen molar-refractivity contribution in [3.8, 4) is 0 Å². The maximum atomic E-state index is 13.1. The summed E-state index contributed by atoms with van der Waals surface area (Å²) in [7, 11) is -3.81. The monoisotopic (exact) mass is 521 g/mol. The van der Waals surface area contributed by atoms with Gasteiger partial charge in [0.2, 0.25) is 0 Å². The zero-order valence-electron chi connectivity index (χ0n) is 20.7. The molecule has 3 aromatic rings. The molecule has 1 aliphatic heterocycles. The molecule has 2 fully saturated rings. The minimum absolute atomic E-state index is 0.0160. The predicted octanol–water partition coefficient (Wildman–Crippen LogP) is 6.40. The smallest absolute Gasteiger partial charge is 0.276 e. The molecule has 1 aliphatic carbocycles. The zero-order valence-corrected chi connectivity index (χ0v) is 22.3. The van der Waals surface area contributed by atoms with E-state index in [4.69, 9.17) is 11.6 Å². The van der Waals surface area contributed by atoms with Gasteiger partial charge >= 0.3 is 0 Å². The molecular weight excluding hydrogens is 490 g/mol. The summed E-state index contributed by atoms with van der Waals surface area (Å²) in [5.74, 6) is 0. The van der Waals surface area contributed by atoms with Crippen LogP contribution in [0.4, 0.5) is 0 Å². The van der Waals surface area contributed by atoms with E-state index in [2.05, 4.69) is 46.0 Å². The van der Waals surface area contributed by atoms with E-state index >= 15 is 0 Å². The summed E-state index contributed by atoms with van der Waals surface area (Å²) in [5, 5.41) is 5.22. The molecule has 0 bridgehead atoms. The van der Waals surface area contributed by atoms with Crippen LogP contribution in [0.1, 0.15) is 60.4 Å². The standard InChI is InChI=1S/C29H32ClN3O2S/c1-20-8-12-23(13-9-20)28-29(33(28)25-6-4-3-5-7-25)27(22-14-16-24(30)17-15-22)31-32-36(34,35)26-18-10-21(2)11-19-26/h8-19,25,28-29,32H,3-7H2,1-2H3/b31-27-/t28-,29+,33?/m0/s1. The van der Waals surface area contributed by atoms with Crippen molar-refractivity contribution in [1.29, 1.82) is 0 Å². The lowest BCUT2D eigenvalue weighted by Crippen LogP contribution is -2.28. The number of halogens is 1. The molecule has 3 aromatic carbocycles. The third-order valence-corrected chi connectivity index (χ3v) is 8.78. The first-order valence-electron chi connectivity index (χ1n) is 12.6. The van der Waals surface area contributed by atoms with Crippen molar-refractivity contribution in [2.75, 3.05) is 0 Å². The molecule has 2 aliphatic rings. The van der Waals surface area contributed by atoms with Crippen LogP contribution in [0.3, 0.4) is 0 Å². The Kier molecular flexibility index (Phi) is 7.20. The quantitative estimate of drug-likeness (QED) is 0.222. The summed E-state index contributed by atoms with van der Waals surface area (Å²) < 4.78 is 26.2. The molecule has 1 saturated carbocycles. The van der Waals surface area contributed by atoms with Crippen LogP contribution in [0.25, 0.3) is 0 Å². The van der Waals surface area contributed by atoms with E-state index in [-0.39, 0.29) is 17.0 Å². The normalized spacial score (nSPS) is 22.9.